The first-order valence-electron chi connectivity index (χ1n) is 5.23. The second-order valence-electron chi connectivity index (χ2n) is 4.09. The summed E-state index contributed by atoms with van der Waals surface area (Å²) < 4.78 is 21.4. The SMILES string of the molecule is C=C[C@H](OCOC)[C@@H]1OC(C)(C)O[C@@H]1CO. The number of aliphatic hydroxyl groups is 1. The van der Waals surface area contributed by atoms with E-state index in [0.717, 1.165) is 0 Å². The Bertz CT molecular complexity index is 228. The molecule has 0 aliphatic carbocycles. The van der Waals surface area contributed by atoms with E-state index < -0.39 is 11.9 Å². The van der Waals surface area contributed by atoms with Crippen LogP contribution in [-0.4, -0.2) is 49.7 Å². The van der Waals surface area contributed by atoms with Gasteiger partial charge in [-0.2, -0.15) is 0 Å². The molecular weight excluding hydrogens is 212 g/mol. The van der Waals surface area contributed by atoms with E-state index in [1.54, 1.807) is 27.0 Å². The Balaban J connectivity index is 2.64. The fraction of sp³-hybridized carbons (Fsp3) is 0.818. The van der Waals surface area contributed by atoms with Gasteiger partial charge in [0.2, 0.25) is 0 Å². The average Bonchev–Trinajstić information content (AvgIpc) is 2.55. The van der Waals surface area contributed by atoms with E-state index in [2.05, 4.69) is 6.58 Å². The van der Waals surface area contributed by atoms with Gasteiger partial charge >= 0.3 is 0 Å². The molecular formula is C11H20O5. The van der Waals surface area contributed by atoms with Crippen LogP contribution in [0.1, 0.15) is 13.8 Å². The molecule has 1 fully saturated rings. The predicted molar refractivity (Wildman–Crippen MR) is 57.9 cm³/mol. The van der Waals surface area contributed by atoms with Crippen molar-refractivity contribution in [1.29, 1.82) is 0 Å². The van der Waals surface area contributed by atoms with Crippen LogP contribution in [0.5, 0.6) is 0 Å². The molecule has 94 valence electrons. The molecule has 1 aliphatic rings. The maximum absolute atomic E-state index is 9.21. The fourth-order valence-electron chi connectivity index (χ4n) is 1.73. The smallest absolute Gasteiger partial charge is 0.164 e. The lowest BCUT2D eigenvalue weighted by atomic mass is 10.1. The van der Waals surface area contributed by atoms with Crippen molar-refractivity contribution in [2.75, 3.05) is 20.5 Å². The van der Waals surface area contributed by atoms with Crippen LogP contribution in [0, 0.1) is 0 Å². The Hall–Kier alpha value is -0.460. The largest absolute Gasteiger partial charge is 0.394 e. The quantitative estimate of drug-likeness (QED) is 0.539. The third kappa shape index (κ3) is 3.26. The third-order valence-corrected chi connectivity index (χ3v) is 2.34. The van der Waals surface area contributed by atoms with Crippen molar-refractivity contribution >= 4 is 0 Å². The molecule has 0 bridgehead atoms. The summed E-state index contributed by atoms with van der Waals surface area (Å²) >= 11 is 0. The minimum atomic E-state index is -0.713. The van der Waals surface area contributed by atoms with Crippen LogP contribution in [0.2, 0.25) is 0 Å². The highest BCUT2D eigenvalue weighted by Crippen LogP contribution is 2.30. The minimum absolute atomic E-state index is 0.116. The molecule has 0 radical (unpaired) electrons. The molecule has 0 unspecified atom stereocenters. The molecule has 0 aromatic rings. The number of rotatable bonds is 6. The van der Waals surface area contributed by atoms with Gasteiger partial charge < -0.3 is 24.1 Å². The van der Waals surface area contributed by atoms with Crippen LogP contribution < -0.4 is 0 Å². The van der Waals surface area contributed by atoms with Crippen molar-refractivity contribution in [2.24, 2.45) is 0 Å². The zero-order valence-corrected chi connectivity index (χ0v) is 10.0. The van der Waals surface area contributed by atoms with Gasteiger partial charge in [0.15, 0.2) is 5.79 Å². The zero-order valence-electron chi connectivity index (χ0n) is 10.0. The molecule has 3 atom stereocenters. The van der Waals surface area contributed by atoms with Crippen molar-refractivity contribution in [1.82, 2.24) is 0 Å². The number of hydrogen-bond acceptors (Lipinski definition) is 5. The minimum Gasteiger partial charge on any atom is -0.394 e. The fourth-order valence-corrected chi connectivity index (χ4v) is 1.73. The van der Waals surface area contributed by atoms with Crippen LogP contribution in [0.15, 0.2) is 12.7 Å². The Morgan fingerprint density at radius 3 is 2.69 bits per heavy atom. The molecule has 0 aromatic carbocycles. The number of methoxy groups -OCH3 is 1. The van der Waals surface area contributed by atoms with Gasteiger partial charge in [0.25, 0.3) is 0 Å². The van der Waals surface area contributed by atoms with E-state index in [1.165, 1.54) is 0 Å². The van der Waals surface area contributed by atoms with Gasteiger partial charge in [0.1, 0.15) is 25.1 Å². The van der Waals surface area contributed by atoms with Gasteiger partial charge in [-0.05, 0) is 13.8 Å². The van der Waals surface area contributed by atoms with Gasteiger partial charge in [-0.1, -0.05) is 6.08 Å². The number of ether oxygens (including phenoxy) is 4. The molecule has 0 saturated carbocycles. The first kappa shape index (κ1) is 13.6. The monoisotopic (exact) mass is 232 g/mol. The lowest BCUT2D eigenvalue weighted by Gasteiger charge is -2.23. The van der Waals surface area contributed by atoms with Crippen LogP contribution >= 0.6 is 0 Å². The summed E-state index contributed by atoms with van der Waals surface area (Å²) in [6.07, 6.45) is 0.485. The maximum Gasteiger partial charge on any atom is 0.164 e. The Morgan fingerprint density at radius 1 is 1.50 bits per heavy atom. The van der Waals surface area contributed by atoms with Gasteiger partial charge in [0.05, 0.1) is 6.61 Å². The second kappa shape index (κ2) is 5.75. The first-order valence-corrected chi connectivity index (χ1v) is 5.23. The summed E-state index contributed by atoms with van der Waals surface area (Å²) in [4.78, 5) is 0. The molecule has 0 spiro atoms. The summed E-state index contributed by atoms with van der Waals surface area (Å²) in [5.74, 6) is -0.713. The Morgan fingerprint density at radius 2 is 2.19 bits per heavy atom. The van der Waals surface area contributed by atoms with Crippen LogP contribution in [-0.2, 0) is 18.9 Å². The molecule has 1 N–H and O–H groups in total. The van der Waals surface area contributed by atoms with Crippen LogP contribution in [0.25, 0.3) is 0 Å². The van der Waals surface area contributed by atoms with Crippen LogP contribution in [0.4, 0.5) is 0 Å². The zero-order chi connectivity index (χ0) is 12.2. The normalized spacial score (nSPS) is 30.2. The topological polar surface area (TPSA) is 57.2 Å². The average molecular weight is 232 g/mol. The van der Waals surface area contributed by atoms with E-state index in [0.29, 0.717) is 0 Å². The molecule has 1 heterocycles. The van der Waals surface area contributed by atoms with Crippen LogP contribution in [0.3, 0.4) is 0 Å². The Labute approximate surface area is 95.9 Å². The predicted octanol–water partition coefficient (Wildman–Crippen LogP) is 0.674. The molecule has 5 nitrogen and oxygen atoms in total. The van der Waals surface area contributed by atoms with E-state index >= 15 is 0 Å². The van der Waals surface area contributed by atoms with Crippen molar-refractivity contribution in [3.63, 3.8) is 0 Å². The van der Waals surface area contributed by atoms with Crippen molar-refractivity contribution in [2.45, 2.75) is 37.9 Å². The van der Waals surface area contributed by atoms with E-state index in [9.17, 15) is 5.11 Å². The maximum atomic E-state index is 9.21. The summed E-state index contributed by atoms with van der Waals surface area (Å²) in [6, 6.07) is 0. The van der Waals surface area contributed by atoms with Crippen molar-refractivity contribution in [3.05, 3.63) is 12.7 Å². The lowest BCUT2D eigenvalue weighted by Crippen LogP contribution is -2.38. The summed E-state index contributed by atoms with van der Waals surface area (Å²) in [7, 11) is 1.54. The molecule has 1 saturated heterocycles. The molecule has 0 amide bonds. The number of aliphatic hydroxyl groups excluding tert-OH is 1. The first-order chi connectivity index (χ1) is 7.54. The lowest BCUT2D eigenvalue weighted by molar-refractivity contribution is -0.164. The summed E-state index contributed by atoms with van der Waals surface area (Å²) in [6.45, 7) is 7.30. The third-order valence-electron chi connectivity index (χ3n) is 2.34. The van der Waals surface area contributed by atoms with Gasteiger partial charge in [0, 0.05) is 7.11 Å². The van der Waals surface area contributed by atoms with Gasteiger partial charge in [-0.3, -0.25) is 0 Å². The molecule has 1 rings (SSSR count). The van der Waals surface area contributed by atoms with E-state index in [1.807, 2.05) is 0 Å². The highest BCUT2D eigenvalue weighted by atomic mass is 16.8. The Kier molecular flexibility index (Phi) is 4.89. The molecule has 16 heavy (non-hydrogen) atoms. The standard InChI is InChI=1S/C11H20O5/c1-5-8(14-7-13-4)10-9(6-12)15-11(2,3)16-10/h5,8-10,12H,1,6-7H2,2-4H3/t8-,9+,10-/m0/s1. The van der Waals surface area contributed by atoms with E-state index in [4.69, 9.17) is 18.9 Å². The van der Waals surface area contributed by atoms with E-state index in [-0.39, 0.29) is 25.6 Å². The van der Waals surface area contributed by atoms with Gasteiger partial charge in [-0.15, -0.1) is 6.58 Å². The number of hydrogen-bond donors (Lipinski definition) is 1. The summed E-state index contributed by atoms with van der Waals surface area (Å²) in [5, 5.41) is 9.21. The highest BCUT2D eigenvalue weighted by molar-refractivity contribution is 4.95. The highest BCUT2D eigenvalue weighted by Gasteiger charge is 2.44. The molecule has 1 aliphatic heterocycles. The van der Waals surface area contributed by atoms with Crippen molar-refractivity contribution < 1.29 is 24.1 Å². The van der Waals surface area contributed by atoms with Gasteiger partial charge in [-0.25, -0.2) is 0 Å². The molecule has 0 aromatic heterocycles. The van der Waals surface area contributed by atoms with Crippen molar-refractivity contribution in [3.8, 4) is 0 Å². The molecule has 5 heteroatoms. The second-order valence-corrected chi connectivity index (χ2v) is 4.09. The summed E-state index contributed by atoms with van der Waals surface area (Å²) in [5.41, 5.74) is 0.